The molecule has 6 aromatic carbocycles. The Labute approximate surface area is 299 Å². The molecule has 0 amide bonds. The molecule has 14 nitrogen and oxygen atoms in total. The number of phenolic OH excluding ortho intramolecular Hbond substituents is 2. The molecule has 0 spiro atoms. The van der Waals surface area contributed by atoms with E-state index < -0.39 is 10.1 Å². The van der Waals surface area contributed by atoms with E-state index in [0.29, 0.717) is 39.3 Å². The average Bonchev–Trinajstić information content (AvgIpc) is 3.09. The van der Waals surface area contributed by atoms with Crippen LogP contribution in [0.3, 0.4) is 0 Å². The van der Waals surface area contributed by atoms with Gasteiger partial charge in [0.2, 0.25) is 0 Å². The molecule has 1 radical (unpaired) electrons. The van der Waals surface area contributed by atoms with Crippen LogP contribution in [0.1, 0.15) is 0 Å². The molecule has 0 aliphatic heterocycles. The van der Waals surface area contributed by atoms with E-state index in [-0.39, 0.29) is 61.2 Å². The second-order valence-electron chi connectivity index (χ2n) is 10.3. The molecule has 0 aliphatic rings. The number of ether oxygens (including phenoxy) is 1. The molecular formula is C33H25CuN5O9S2. The zero-order valence-corrected chi connectivity index (χ0v) is 28.1. The van der Waals surface area contributed by atoms with Crippen molar-refractivity contribution in [1.82, 2.24) is 0 Å². The Kier molecular flexibility index (Phi) is 11.3. The van der Waals surface area contributed by atoms with Gasteiger partial charge in [0, 0.05) is 51.3 Å². The van der Waals surface area contributed by atoms with Gasteiger partial charge in [-0.2, -0.15) is 13.5 Å². The van der Waals surface area contributed by atoms with E-state index in [4.69, 9.17) is 9.99 Å². The molecule has 259 valence electrons. The van der Waals surface area contributed by atoms with Gasteiger partial charge >= 0.3 is 0 Å². The molecule has 17 heteroatoms. The summed E-state index contributed by atoms with van der Waals surface area (Å²) in [6, 6.07) is 28.2. The number of para-hydroxylation sites is 1. The molecule has 0 fully saturated rings. The molecule has 50 heavy (non-hydrogen) atoms. The fourth-order valence-corrected chi connectivity index (χ4v) is 6.15. The number of hydrogen-bond acceptors (Lipinski definition) is 14. The summed E-state index contributed by atoms with van der Waals surface area (Å²) >= 11 is 0.579. The maximum atomic E-state index is 11.7. The van der Waals surface area contributed by atoms with E-state index in [9.17, 15) is 23.2 Å². The van der Waals surface area contributed by atoms with Crippen LogP contribution < -0.4 is 10.1 Å². The maximum Gasteiger partial charge on any atom is 0.295 e. The minimum atomic E-state index is -4.42. The number of hydrogen-bond donors (Lipinski definition) is 5. The number of nitrogens with zero attached hydrogens (tertiary/aromatic N) is 4. The Balaban J connectivity index is 0.00000486. The van der Waals surface area contributed by atoms with Crippen LogP contribution in [0.4, 0.5) is 34.1 Å². The van der Waals surface area contributed by atoms with Crippen LogP contribution in [-0.2, 0) is 36.6 Å². The van der Waals surface area contributed by atoms with Crippen LogP contribution in [0.15, 0.2) is 133 Å². The molecule has 0 unspecified atom stereocenters. The van der Waals surface area contributed by atoms with Gasteiger partial charge in [0.15, 0.2) is 5.75 Å². The molecule has 0 aromatic heterocycles. The number of azo groups is 2. The van der Waals surface area contributed by atoms with Gasteiger partial charge in [-0.25, -0.2) is 5.26 Å². The summed E-state index contributed by atoms with van der Waals surface area (Å²) in [4.78, 5) is 0.00251. The average molecular weight is 763 g/mol. The Morgan fingerprint density at radius 1 is 0.740 bits per heavy atom. The van der Waals surface area contributed by atoms with E-state index >= 15 is 0 Å². The quantitative estimate of drug-likeness (QED) is 0.0210. The number of phenols is 2. The third-order valence-corrected chi connectivity index (χ3v) is 8.71. The summed E-state index contributed by atoms with van der Waals surface area (Å²) in [6.07, 6.45) is 0. The summed E-state index contributed by atoms with van der Waals surface area (Å²) in [5, 5.41) is 56.4. The van der Waals surface area contributed by atoms with Crippen molar-refractivity contribution in [3.63, 3.8) is 0 Å². The zero-order chi connectivity index (χ0) is 34.5. The van der Waals surface area contributed by atoms with Crippen LogP contribution in [0.5, 0.6) is 17.2 Å². The van der Waals surface area contributed by atoms with E-state index in [1.807, 2.05) is 36.4 Å². The number of anilines is 2. The third kappa shape index (κ3) is 8.02. The van der Waals surface area contributed by atoms with E-state index in [1.54, 1.807) is 30.3 Å². The van der Waals surface area contributed by atoms with Crippen molar-refractivity contribution >= 4 is 77.8 Å². The second-order valence-corrected chi connectivity index (χ2v) is 12.4. The first kappa shape index (κ1) is 36.2. The van der Waals surface area contributed by atoms with E-state index in [0.717, 1.165) is 11.4 Å². The molecule has 0 saturated heterocycles. The SMILES string of the molecule is COc1cc(N=Nc2c(SOOO)cc3cc(Nc4ccccc4)ccc3c2O)c(O)cc1N=Nc1ccc2c(S(=O)(=O)O)cccc2c1.[Cu]. The van der Waals surface area contributed by atoms with Crippen molar-refractivity contribution in [3.8, 4) is 17.2 Å². The predicted molar refractivity (Wildman–Crippen MR) is 183 cm³/mol. The molecule has 0 saturated carbocycles. The van der Waals surface area contributed by atoms with Gasteiger partial charge < -0.3 is 20.3 Å². The summed E-state index contributed by atoms with van der Waals surface area (Å²) in [7, 11) is -3.04. The van der Waals surface area contributed by atoms with Crippen LogP contribution in [0.2, 0.25) is 0 Å². The van der Waals surface area contributed by atoms with Crippen molar-refractivity contribution in [3.05, 3.63) is 103 Å². The molecule has 6 aromatic rings. The predicted octanol–water partition coefficient (Wildman–Crippen LogP) is 9.66. The van der Waals surface area contributed by atoms with Crippen molar-refractivity contribution < 1.29 is 59.6 Å². The number of rotatable bonds is 11. The van der Waals surface area contributed by atoms with Gasteiger partial charge in [0.1, 0.15) is 33.5 Å². The normalized spacial score (nSPS) is 11.7. The minimum Gasteiger partial charge on any atom is -0.506 e. The molecule has 5 N–H and O–H groups in total. The topological polar surface area (TPSA) is 204 Å². The standard InChI is InChI=1S/C33H25N5O9S2.Cu/c1-45-29-18-26(28(39)17-27(29)37-35-23-11-12-24-19(14-23)6-5-9-31(24)49(42,43)44)36-38-32-30(48-47-46-41)16-20-15-22(10-13-25(20)33(32)40)34-21-7-3-2-4-8-21;/h2-18,34,39-41H,1H3,(H,42,43,44);. The first-order valence-corrected chi connectivity index (χ1v) is 16.3. The summed E-state index contributed by atoms with van der Waals surface area (Å²) in [5.74, 6) is -0.402. The minimum absolute atomic E-state index is 0. The second kappa shape index (κ2) is 15.6. The third-order valence-electron chi connectivity index (χ3n) is 7.18. The van der Waals surface area contributed by atoms with Crippen molar-refractivity contribution in [2.75, 3.05) is 12.4 Å². The fourth-order valence-electron chi connectivity index (χ4n) is 4.94. The number of benzene rings is 6. The number of fused-ring (bicyclic) bond motifs is 2. The van der Waals surface area contributed by atoms with Crippen LogP contribution in [0.25, 0.3) is 21.5 Å². The smallest absolute Gasteiger partial charge is 0.295 e. The van der Waals surface area contributed by atoms with E-state index in [2.05, 4.69) is 35.1 Å². The van der Waals surface area contributed by atoms with E-state index in [1.165, 1.54) is 43.5 Å². The van der Waals surface area contributed by atoms with Crippen molar-refractivity contribution in [2.24, 2.45) is 20.5 Å². The zero-order valence-electron chi connectivity index (χ0n) is 25.6. The molecule has 0 atom stereocenters. The molecule has 0 bridgehead atoms. The van der Waals surface area contributed by atoms with Gasteiger partial charge in [-0.1, -0.05) is 41.4 Å². The molecule has 0 heterocycles. The number of nitrogens with one attached hydrogen (secondary N) is 1. The summed E-state index contributed by atoms with van der Waals surface area (Å²) < 4.78 is 43.0. The number of aromatic hydroxyl groups is 2. The van der Waals surface area contributed by atoms with Gasteiger partial charge in [-0.15, -0.1) is 19.7 Å². The molecule has 0 aliphatic carbocycles. The molecular weight excluding hydrogens is 738 g/mol. The largest absolute Gasteiger partial charge is 0.506 e. The first-order chi connectivity index (χ1) is 23.6. The van der Waals surface area contributed by atoms with Gasteiger partial charge in [-0.05, 0) is 65.4 Å². The van der Waals surface area contributed by atoms with Crippen molar-refractivity contribution in [2.45, 2.75) is 9.79 Å². The van der Waals surface area contributed by atoms with Gasteiger partial charge in [0.05, 0.1) is 29.7 Å². The fraction of sp³-hybridized carbons (Fsp3) is 0.0303. The maximum absolute atomic E-state index is 11.7. The Hall–Kier alpha value is -5.10. The summed E-state index contributed by atoms with van der Waals surface area (Å²) in [5.41, 5.74) is 2.06. The summed E-state index contributed by atoms with van der Waals surface area (Å²) in [6.45, 7) is 0. The van der Waals surface area contributed by atoms with Crippen LogP contribution in [0, 0.1) is 0 Å². The Morgan fingerprint density at radius 3 is 2.24 bits per heavy atom. The van der Waals surface area contributed by atoms with Crippen LogP contribution >= 0.6 is 12.0 Å². The first-order valence-electron chi connectivity index (χ1n) is 14.2. The Morgan fingerprint density at radius 2 is 1.50 bits per heavy atom. The van der Waals surface area contributed by atoms with Crippen molar-refractivity contribution in [1.29, 1.82) is 0 Å². The molecule has 6 rings (SSSR count). The van der Waals surface area contributed by atoms with Gasteiger partial charge in [-0.3, -0.25) is 4.55 Å². The van der Waals surface area contributed by atoms with Gasteiger partial charge in [0.25, 0.3) is 10.1 Å². The monoisotopic (exact) mass is 762 g/mol. The van der Waals surface area contributed by atoms with Crippen LogP contribution in [-0.4, -0.2) is 35.6 Å². The number of methoxy groups -OCH3 is 1. The Bertz CT molecular complexity index is 2360.